The van der Waals surface area contributed by atoms with Crippen molar-refractivity contribution in [2.45, 2.75) is 0 Å². The summed E-state index contributed by atoms with van der Waals surface area (Å²) in [6.07, 6.45) is 1.32. The lowest BCUT2D eigenvalue weighted by molar-refractivity contribution is 0.0843. The van der Waals surface area contributed by atoms with Crippen LogP contribution in [-0.4, -0.2) is 27.0 Å². The molecule has 2 heterocycles. The highest BCUT2D eigenvalue weighted by Crippen LogP contribution is 2.16. The van der Waals surface area contributed by atoms with E-state index in [1.54, 1.807) is 30.3 Å². The molecule has 0 bridgehead atoms. The SMILES string of the molecule is O=C(NNC(=O)c1c[nH]c2ccccc2c1=O)c1cc(-c2ccccc2)n[nH]1. The maximum absolute atomic E-state index is 12.4. The van der Waals surface area contributed by atoms with Gasteiger partial charge < -0.3 is 4.98 Å². The molecule has 0 fully saturated rings. The zero-order valence-electron chi connectivity index (χ0n) is 14.5. The summed E-state index contributed by atoms with van der Waals surface area (Å²) in [4.78, 5) is 39.9. The number of nitrogens with one attached hydrogen (secondary N) is 4. The molecule has 0 unspecified atom stereocenters. The van der Waals surface area contributed by atoms with Crippen LogP contribution in [0.2, 0.25) is 0 Å². The van der Waals surface area contributed by atoms with Gasteiger partial charge in [0.15, 0.2) is 0 Å². The molecule has 28 heavy (non-hydrogen) atoms. The first kappa shape index (κ1) is 17.2. The van der Waals surface area contributed by atoms with E-state index in [-0.39, 0.29) is 11.3 Å². The van der Waals surface area contributed by atoms with Gasteiger partial charge in [-0.15, -0.1) is 0 Å². The normalized spacial score (nSPS) is 10.6. The van der Waals surface area contributed by atoms with E-state index in [0.717, 1.165) is 5.56 Å². The Morgan fingerprint density at radius 2 is 1.61 bits per heavy atom. The zero-order valence-corrected chi connectivity index (χ0v) is 14.5. The highest BCUT2D eigenvalue weighted by atomic mass is 16.2. The van der Waals surface area contributed by atoms with E-state index >= 15 is 0 Å². The van der Waals surface area contributed by atoms with Crippen molar-refractivity contribution in [3.8, 4) is 11.3 Å². The van der Waals surface area contributed by atoms with Gasteiger partial charge in [0.1, 0.15) is 11.3 Å². The quantitative estimate of drug-likeness (QED) is 0.411. The van der Waals surface area contributed by atoms with Gasteiger partial charge in [-0.1, -0.05) is 42.5 Å². The van der Waals surface area contributed by atoms with Gasteiger partial charge in [-0.25, -0.2) is 0 Å². The summed E-state index contributed by atoms with van der Waals surface area (Å²) in [6, 6.07) is 17.8. The summed E-state index contributed by atoms with van der Waals surface area (Å²) in [5, 5.41) is 7.10. The molecule has 2 amide bonds. The van der Waals surface area contributed by atoms with Crippen molar-refractivity contribution < 1.29 is 9.59 Å². The lowest BCUT2D eigenvalue weighted by atomic mass is 10.1. The topological polar surface area (TPSA) is 120 Å². The molecule has 4 rings (SSSR count). The lowest BCUT2D eigenvalue weighted by Gasteiger charge is -2.06. The first-order valence-corrected chi connectivity index (χ1v) is 8.45. The number of fused-ring (bicyclic) bond motifs is 1. The average Bonchev–Trinajstić information content (AvgIpc) is 3.23. The summed E-state index contributed by atoms with van der Waals surface area (Å²) in [7, 11) is 0. The van der Waals surface area contributed by atoms with Crippen LogP contribution >= 0.6 is 0 Å². The molecule has 0 aliphatic heterocycles. The number of para-hydroxylation sites is 1. The fourth-order valence-corrected chi connectivity index (χ4v) is 2.78. The number of aromatic amines is 2. The lowest BCUT2D eigenvalue weighted by Crippen LogP contribution is -2.43. The van der Waals surface area contributed by atoms with Gasteiger partial charge in [-0.3, -0.25) is 30.3 Å². The van der Waals surface area contributed by atoms with Crippen LogP contribution in [0.25, 0.3) is 22.2 Å². The van der Waals surface area contributed by atoms with Gasteiger partial charge in [-0.05, 0) is 18.2 Å². The van der Waals surface area contributed by atoms with Gasteiger partial charge in [0.25, 0.3) is 11.8 Å². The smallest absolute Gasteiger partial charge is 0.287 e. The Morgan fingerprint density at radius 3 is 2.43 bits per heavy atom. The molecule has 2 aromatic heterocycles. The van der Waals surface area contributed by atoms with Crippen LogP contribution in [0.4, 0.5) is 0 Å². The van der Waals surface area contributed by atoms with Gasteiger partial charge >= 0.3 is 0 Å². The van der Waals surface area contributed by atoms with Crippen LogP contribution < -0.4 is 16.3 Å². The molecule has 4 N–H and O–H groups in total. The van der Waals surface area contributed by atoms with Crippen molar-refractivity contribution >= 4 is 22.7 Å². The van der Waals surface area contributed by atoms with E-state index < -0.39 is 17.2 Å². The Kier molecular flexibility index (Phi) is 4.43. The number of hydrogen-bond donors (Lipinski definition) is 4. The molecular formula is C20H15N5O3. The van der Waals surface area contributed by atoms with E-state index in [0.29, 0.717) is 16.6 Å². The van der Waals surface area contributed by atoms with E-state index in [9.17, 15) is 14.4 Å². The summed E-state index contributed by atoms with van der Waals surface area (Å²) in [5.41, 5.74) is 6.24. The van der Waals surface area contributed by atoms with Crippen LogP contribution in [-0.2, 0) is 0 Å². The number of aromatic nitrogens is 3. The molecule has 8 heteroatoms. The van der Waals surface area contributed by atoms with Crippen molar-refractivity contribution in [3.63, 3.8) is 0 Å². The van der Waals surface area contributed by atoms with E-state index in [2.05, 4.69) is 26.0 Å². The molecule has 8 nitrogen and oxygen atoms in total. The number of nitrogens with zero attached hydrogens (tertiary/aromatic N) is 1. The number of amides is 2. The minimum atomic E-state index is -0.719. The largest absolute Gasteiger partial charge is 0.360 e. The number of rotatable bonds is 3. The van der Waals surface area contributed by atoms with Crippen molar-refractivity contribution in [1.82, 2.24) is 26.0 Å². The zero-order chi connectivity index (χ0) is 19.5. The second kappa shape index (κ2) is 7.20. The Morgan fingerprint density at radius 1 is 0.893 bits per heavy atom. The first-order valence-electron chi connectivity index (χ1n) is 8.45. The molecule has 0 aliphatic rings. The van der Waals surface area contributed by atoms with Crippen LogP contribution in [0.5, 0.6) is 0 Å². The Labute approximate surface area is 158 Å². The fourth-order valence-electron chi connectivity index (χ4n) is 2.78. The summed E-state index contributed by atoms with van der Waals surface area (Å²) >= 11 is 0. The first-order chi connectivity index (χ1) is 13.6. The predicted octanol–water partition coefficient (Wildman–Crippen LogP) is 1.99. The second-order valence-corrected chi connectivity index (χ2v) is 6.02. The van der Waals surface area contributed by atoms with Gasteiger partial charge in [-0.2, -0.15) is 5.10 Å². The van der Waals surface area contributed by atoms with Crippen molar-refractivity contribution in [2.75, 3.05) is 0 Å². The summed E-state index contributed by atoms with van der Waals surface area (Å²) in [6.45, 7) is 0. The monoisotopic (exact) mass is 373 g/mol. The van der Waals surface area contributed by atoms with Crippen molar-refractivity contribution in [2.24, 2.45) is 0 Å². The standard InChI is InChI=1S/C20H15N5O3/c26-18-13-8-4-5-9-15(13)21-11-14(18)19(27)24-25-20(28)17-10-16(22-23-17)12-6-2-1-3-7-12/h1-11H,(H,21,26)(H,22,23)(H,24,27)(H,25,28). The fraction of sp³-hybridized carbons (Fsp3) is 0. The number of benzene rings is 2. The van der Waals surface area contributed by atoms with Crippen LogP contribution in [0.1, 0.15) is 20.8 Å². The molecule has 0 aliphatic carbocycles. The molecular weight excluding hydrogens is 358 g/mol. The number of H-pyrrole nitrogens is 2. The number of carbonyl (C=O) groups excluding carboxylic acids is 2. The Bertz CT molecular complexity index is 1230. The van der Waals surface area contributed by atoms with Gasteiger partial charge in [0, 0.05) is 22.7 Å². The Hall–Kier alpha value is -4.20. The van der Waals surface area contributed by atoms with E-state index in [4.69, 9.17) is 0 Å². The number of hydrazine groups is 1. The van der Waals surface area contributed by atoms with Crippen molar-refractivity contribution in [1.29, 1.82) is 0 Å². The third-order valence-corrected chi connectivity index (χ3v) is 4.21. The molecule has 0 saturated carbocycles. The second-order valence-electron chi connectivity index (χ2n) is 6.02. The Balaban J connectivity index is 1.47. The van der Waals surface area contributed by atoms with Crippen LogP contribution in [0.3, 0.4) is 0 Å². The minimum absolute atomic E-state index is 0.103. The molecule has 2 aromatic carbocycles. The highest BCUT2D eigenvalue weighted by molar-refractivity contribution is 6.00. The van der Waals surface area contributed by atoms with E-state index in [1.165, 1.54) is 6.20 Å². The maximum Gasteiger partial charge on any atom is 0.287 e. The van der Waals surface area contributed by atoms with Crippen molar-refractivity contribution in [3.05, 3.63) is 88.3 Å². The molecule has 138 valence electrons. The van der Waals surface area contributed by atoms with Gasteiger partial charge in [0.2, 0.25) is 5.43 Å². The predicted molar refractivity (Wildman–Crippen MR) is 104 cm³/mol. The molecule has 0 saturated heterocycles. The number of carbonyl (C=O) groups is 2. The number of hydrogen-bond acceptors (Lipinski definition) is 4. The molecule has 0 spiro atoms. The number of pyridine rings is 1. The third kappa shape index (κ3) is 3.26. The van der Waals surface area contributed by atoms with E-state index in [1.807, 2.05) is 30.3 Å². The molecule has 0 atom stereocenters. The summed E-state index contributed by atoms with van der Waals surface area (Å²) in [5.74, 6) is -1.30. The van der Waals surface area contributed by atoms with Gasteiger partial charge in [0.05, 0.1) is 5.69 Å². The average molecular weight is 373 g/mol. The maximum atomic E-state index is 12.4. The van der Waals surface area contributed by atoms with Crippen LogP contribution in [0.15, 0.2) is 71.7 Å². The minimum Gasteiger partial charge on any atom is -0.360 e. The summed E-state index contributed by atoms with van der Waals surface area (Å²) < 4.78 is 0. The molecule has 4 aromatic rings. The molecule has 0 radical (unpaired) electrons. The third-order valence-electron chi connectivity index (χ3n) is 4.21. The van der Waals surface area contributed by atoms with Crippen LogP contribution in [0, 0.1) is 0 Å². The highest BCUT2D eigenvalue weighted by Gasteiger charge is 2.15.